The van der Waals surface area contributed by atoms with Gasteiger partial charge in [0.1, 0.15) is 0 Å². The molecule has 2 aliphatic rings. The molecular formula is C18H21NO6. The number of rotatable bonds is 5. The van der Waals surface area contributed by atoms with Crippen molar-refractivity contribution in [3.8, 4) is 11.5 Å². The molecule has 2 heterocycles. The SMILES string of the molecule is CCOC(=O)C(C(=O)OCC)=C1CCCN1c1ccc2c(c1)OCO2. The molecule has 1 saturated heterocycles. The zero-order valence-electron chi connectivity index (χ0n) is 14.4. The number of hydrogen-bond acceptors (Lipinski definition) is 7. The molecule has 1 aromatic rings. The molecule has 0 N–H and O–H groups in total. The second-order valence-corrected chi connectivity index (χ2v) is 5.56. The number of ether oxygens (including phenoxy) is 4. The van der Waals surface area contributed by atoms with Crippen LogP contribution in [0.2, 0.25) is 0 Å². The predicted octanol–water partition coefficient (Wildman–Crippen LogP) is 2.40. The molecule has 0 bridgehead atoms. The van der Waals surface area contributed by atoms with Crippen LogP contribution in [0.25, 0.3) is 0 Å². The van der Waals surface area contributed by atoms with Crippen LogP contribution in [-0.4, -0.2) is 38.5 Å². The third-order valence-corrected chi connectivity index (χ3v) is 4.04. The monoisotopic (exact) mass is 347 g/mol. The van der Waals surface area contributed by atoms with Crippen LogP contribution in [0.1, 0.15) is 26.7 Å². The lowest BCUT2D eigenvalue weighted by Crippen LogP contribution is -2.26. The highest BCUT2D eigenvalue weighted by Crippen LogP contribution is 2.39. The van der Waals surface area contributed by atoms with Gasteiger partial charge in [-0.25, -0.2) is 9.59 Å². The number of fused-ring (bicyclic) bond motifs is 1. The standard InChI is InChI=1S/C18H21NO6/c1-3-22-17(20)16(18(21)23-4-2)13-6-5-9-19(13)12-7-8-14-15(10-12)25-11-24-14/h7-8,10H,3-6,9,11H2,1-2H3. The van der Waals surface area contributed by atoms with Gasteiger partial charge in [-0.05, 0) is 38.8 Å². The lowest BCUT2D eigenvalue weighted by molar-refractivity contribution is -0.146. The normalized spacial score (nSPS) is 15.3. The van der Waals surface area contributed by atoms with Crippen molar-refractivity contribution >= 4 is 17.6 Å². The van der Waals surface area contributed by atoms with Gasteiger partial charge in [0.05, 0.1) is 13.2 Å². The lowest BCUT2D eigenvalue weighted by atomic mass is 10.1. The van der Waals surface area contributed by atoms with Crippen LogP contribution in [0.4, 0.5) is 5.69 Å². The first kappa shape index (κ1) is 17.1. The summed E-state index contributed by atoms with van der Waals surface area (Å²) in [7, 11) is 0. The van der Waals surface area contributed by atoms with E-state index in [4.69, 9.17) is 18.9 Å². The van der Waals surface area contributed by atoms with Crippen molar-refractivity contribution in [3.05, 3.63) is 29.5 Å². The molecular weight excluding hydrogens is 326 g/mol. The first-order valence-corrected chi connectivity index (χ1v) is 8.40. The maximum atomic E-state index is 12.4. The van der Waals surface area contributed by atoms with E-state index in [-0.39, 0.29) is 25.6 Å². The summed E-state index contributed by atoms with van der Waals surface area (Å²) in [6, 6.07) is 5.55. The fraction of sp³-hybridized carbons (Fsp3) is 0.444. The molecule has 1 fully saturated rings. The highest BCUT2D eigenvalue weighted by molar-refractivity contribution is 6.15. The van der Waals surface area contributed by atoms with E-state index < -0.39 is 11.9 Å². The number of anilines is 1. The topological polar surface area (TPSA) is 74.3 Å². The summed E-state index contributed by atoms with van der Waals surface area (Å²) >= 11 is 0. The Balaban J connectivity index is 1.99. The third-order valence-electron chi connectivity index (χ3n) is 4.04. The Kier molecular flexibility index (Phi) is 5.11. The van der Waals surface area contributed by atoms with E-state index in [9.17, 15) is 9.59 Å². The molecule has 1 aromatic carbocycles. The largest absolute Gasteiger partial charge is 0.462 e. The zero-order valence-corrected chi connectivity index (χ0v) is 14.4. The minimum atomic E-state index is -0.649. The van der Waals surface area contributed by atoms with E-state index in [2.05, 4.69) is 0 Å². The Bertz CT molecular complexity index is 692. The average Bonchev–Trinajstić information content (AvgIpc) is 3.23. The fourth-order valence-corrected chi connectivity index (χ4v) is 3.00. The molecule has 0 spiro atoms. The molecule has 0 radical (unpaired) electrons. The van der Waals surface area contributed by atoms with Gasteiger partial charge in [0.25, 0.3) is 0 Å². The Hall–Kier alpha value is -2.70. The van der Waals surface area contributed by atoms with Crippen molar-refractivity contribution in [2.24, 2.45) is 0 Å². The van der Waals surface area contributed by atoms with E-state index in [1.807, 2.05) is 23.1 Å². The van der Waals surface area contributed by atoms with E-state index >= 15 is 0 Å². The molecule has 0 amide bonds. The summed E-state index contributed by atoms with van der Waals surface area (Å²) in [6.07, 6.45) is 1.42. The second kappa shape index (κ2) is 7.46. The predicted molar refractivity (Wildman–Crippen MR) is 89.4 cm³/mol. The lowest BCUT2D eigenvalue weighted by Gasteiger charge is -2.22. The summed E-state index contributed by atoms with van der Waals surface area (Å²) < 4.78 is 20.9. The first-order valence-electron chi connectivity index (χ1n) is 8.40. The number of carbonyl (C=O) groups excluding carboxylic acids is 2. The van der Waals surface area contributed by atoms with E-state index in [0.29, 0.717) is 30.2 Å². The molecule has 7 heteroatoms. The minimum Gasteiger partial charge on any atom is -0.462 e. The molecule has 2 aliphatic heterocycles. The van der Waals surface area contributed by atoms with Crippen LogP contribution in [0, 0.1) is 0 Å². The van der Waals surface area contributed by atoms with Crippen molar-refractivity contribution in [2.45, 2.75) is 26.7 Å². The van der Waals surface area contributed by atoms with Gasteiger partial charge in [0.15, 0.2) is 17.1 Å². The van der Waals surface area contributed by atoms with Gasteiger partial charge >= 0.3 is 11.9 Å². The van der Waals surface area contributed by atoms with Gasteiger partial charge in [0.2, 0.25) is 6.79 Å². The molecule has 0 unspecified atom stereocenters. The quantitative estimate of drug-likeness (QED) is 0.350. The highest BCUT2D eigenvalue weighted by atomic mass is 16.7. The number of benzene rings is 1. The first-order chi connectivity index (χ1) is 12.2. The van der Waals surface area contributed by atoms with Gasteiger partial charge in [-0.3, -0.25) is 0 Å². The van der Waals surface area contributed by atoms with Crippen LogP contribution in [0.3, 0.4) is 0 Å². The zero-order chi connectivity index (χ0) is 17.8. The third kappa shape index (κ3) is 3.40. The second-order valence-electron chi connectivity index (χ2n) is 5.56. The number of nitrogens with zero attached hydrogens (tertiary/aromatic N) is 1. The van der Waals surface area contributed by atoms with Gasteiger partial charge < -0.3 is 23.8 Å². The summed E-state index contributed by atoms with van der Waals surface area (Å²) in [5, 5.41) is 0. The van der Waals surface area contributed by atoms with Gasteiger partial charge in [-0.1, -0.05) is 0 Å². The van der Waals surface area contributed by atoms with Crippen molar-refractivity contribution in [1.82, 2.24) is 0 Å². The Morgan fingerprint density at radius 3 is 2.44 bits per heavy atom. The van der Waals surface area contributed by atoms with E-state index in [0.717, 1.165) is 12.1 Å². The molecule has 0 atom stereocenters. The van der Waals surface area contributed by atoms with E-state index in [1.165, 1.54) is 0 Å². The molecule has 3 rings (SSSR count). The number of allylic oxidation sites excluding steroid dienone is 1. The van der Waals surface area contributed by atoms with Gasteiger partial charge in [-0.15, -0.1) is 0 Å². The van der Waals surface area contributed by atoms with Crippen LogP contribution in [-0.2, 0) is 19.1 Å². The van der Waals surface area contributed by atoms with Crippen molar-refractivity contribution in [1.29, 1.82) is 0 Å². The van der Waals surface area contributed by atoms with Crippen molar-refractivity contribution in [3.63, 3.8) is 0 Å². The van der Waals surface area contributed by atoms with E-state index in [1.54, 1.807) is 13.8 Å². The molecule has 0 saturated carbocycles. The summed E-state index contributed by atoms with van der Waals surface area (Å²) in [5.74, 6) is 0.0363. The average molecular weight is 347 g/mol. The van der Waals surface area contributed by atoms with Gasteiger partial charge in [-0.2, -0.15) is 0 Å². The molecule has 25 heavy (non-hydrogen) atoms. The Morgan fingerprint density at radius 1 is 1.08 bits per heavy atom. The molecule has 134 valence electrons. The Morgan fingerprint density at radius 2 is 1.76 bits per heavy atom. The van der Waals surface area contributed by atoms with Crippen LogP contribution < -0.4 is 14.4 Å². The number of carbonyl (C=O) groups is 2. The van der Waals surface area contributed by atoms with Crippen molar-refractivity contribution < 1.29 is 28.5 Å². The van der Waals surface area contributed by atoms with Crippen LogP contribution in [0.5, 0.6) is 11.5 Å². The van der Waals surface area contributed by atoms with Gasteiger partial charge in [0, 0.05) is 24.0 Å². The Labute approximate surface area is 146 Å². The van der Waals surface area contributed by atoms with Crippen molar-refractivity contribution in [2.75, 3.05) is 31.5 Å². The maximum Gasteiger partial charge on any atom is 0.347 e. The molecule has 0 aromatic heterocycles. The number of esters is 2. The molecule has 0 aliphatic carbocycles. The molecule has 7 nitrogen and oxygen atoms in total. The smallest absolute Gasteiger partial charge is 0.347 e. The highest BCUT2D eigenvalue weighted by Gasteiger charge is 2.32. The fourth-order valence-electron chi connectivity index (χ4n) is 3.00. The van der Waals surface area contributed by atoms with Crippen LogP contribution in [0.15, 0.2) is 29.5 Å². The summed E-state index contributed by atoms with van der Waals surface area (Å²) in [4.78, 5) is 26.7. The summed E-state index contributed by atoms with van der Waals surface area (Å²) in [6.45, 7) is 4.68. The summed E-state index contributed by atoms with van der Waals surface area (Å²) in [5.41, 5.74) is 1.43. The number of hydrogen-bond donors (Lipinski definition) is 0. The van der Waals surface area contributed by atoms with Crippen LogP contribution >= 0.6 is 0 Å². The maximum absolute atomic E-state index is 12.4. The minimum absolute atomic E-state index is 0.0288.